The zero-order valence-corrected chi connectivity index (χ0v) is 10.4. The zero-order chi connectivity index (χ0) is 11.5. The van der Waals surface area contributed by atoms with Gasteiger partial charge >= 0.3 is 0 Å². The molecule has 0 aromatic carbocycles. The molecule has 1 N–H and O–H groups in total. The number of likely N-dealkylation sites (N-methyl/N-ethyl adjacent to an activating group) is 1. The van der Waals surface area contributed by atoms with Gasteiger partial charge in [-0.05, 0) is 45.8 Å². The summed E-state index contributed by atoms with van der Waals surface area (Å²) in [6.07, 6.45) is 3.52. The molecule has 0 saturated carbocycles. The van der Waals surface area contributed by atoms with E-state index in [0.29, 0.717) is 11.8 Å². The lowest BCUT2D eigenvalue weighted by molar-refractivity contribution is -0.130. The number of hydrogen-bond acceptors (Lipinski definition) is 3. The van der Waals surface area contributed by atoms with Crippen LogP contribution >= 0.6 is 0 Å². The second-order valence-electron chi connectivity index (χ2n) is 5.18. The van der Waals surface area contributed by atoms with Crippen LogP contribution in [0.25, 0.3) is 0 Å². The van der Waals surface area contributed by atoms with Crippen LogP contribution in [0, 0.1) is 5.92 Å². The van der Waals surface area contributed by atoms with Gasteiger partial charge in [0.1, 0.15) is 0 Å². The number of likely N-dealkylation sites (tertiary alicyclic amines) is 2. The van der Waals surface area contributed by atoms with E-state index >= 15 is 0 Å². The average Bonchev–Trinajstić information content (AvgIpc) is 2.60. The minimum Gasteiger partial charge on any atom is -0.341 e. The van der Waals surface area contributed by atoms with Gasteiger partial charge in [0.25, 0.3) is 0 Å². The van der Waals surface area contributed by atoms with Gasteiger partial charge in [-0.15, -0.1) is 0 Å². The molecule has 2 unspecified atom stereocenters. The van der Waals surface area contributed by atoms with Crippen molar-refractivity contribution in [2.24, 2.45) is 5.92 Å². The van der Waals surface area contributed by atoms with Gasteiger partial charge in [-0.1, -0.05) is 0 Å². The van der Waals surface area contributed by atoms with Crippen molar-refractivity contribution < 1.29 is 4.79 Å². The SMILES string of the molecule is CNC1CCN(CC2CCCN(C)C2)C1=O. The van der Waals surface area contributed by atoms with Crippen LogP contribution in [0.1, 0.15) is 19.3 Å². The number of amides is 1. The molecule has 2 saturated heterocycles. The molecule has 92 valence electrons. The van der Waals surface area contributed by atoms with Gasteiger partial charge in [0.05, 0.1) is 6.04 Å². The molecule has 4 heteroatoms. The van der Waals surface area contributed by atoms with Crippen LogP contribution in [0.3, 0.4) is 0 Å². The van der Waals surface area contributed by atoms with Crippen molar-refractivity contribution >= 4 is 5.91 Å². The van der Waals surface area contributed by atoms with Gasteiger partial charge in [0.2, 0.25) is 5.91 Å². The molecule has 0 aromatic heterocycles. The van der Waals surface area contributed by atoms with Crippen LogP contribution in [-0.4, -0.2) is 62.0 Å². The first kappa shape index (κ1) is 11.9. The lowest BCUT2D eigenvalue weighted by atomic mass is 9.98. The quantitative estimate of drug-likeness (QED) is 0.742. The highest BCUT2D eigenvalue weighted by Crippen LogP contribution is 2.19. The number of rotatable bonds is 3. The molecule has 0 bridgehead atoms. The van der Waals surface area contributed by atoms with Crippen molar-refractivity contribution in [3.8, 4) is 0 Å². The Morgan fingerprint density at radius 2 is 2.19 bits per heavy atom. The van der Waals surface area contributed by atoms with Crippen LogP contribution in [-0.2, 0) is 4.79 Å². The number of hydrogen-bond donors (Lipinski definition) is 1. The fourth-order valence-electron chi connectivity index (χ4n) is 2.92. The topological polar surface area (TPSA) is 35.6 Å². The molecule has 0 spiro atoms. The summed E-state index contributed by atoms with van der Waals surface area (Å²) < 4.78 is 0. The highest BCUT2D eigenvalue weighted by molar-refractivity contribution is 5.83. The number of piperidine rings is 1. The molecule has 2 fully saturated rings. The Kier molecular flexibility index (Phi) is 3.82. The Morgan fingerprint density at radius 3 is 2.81 bits per heavy atom. The smallest absolute Gasteiger partial charge is 0.239 e. The normalized spacial score (nSPS) is 32.4. The largest absolute Gasteiger partial charge is 0.341 e. The average molecular weight is 225 g/mol. The molecular weight excluding hydrogens is 202 g/mol. The Hall–Kier alpha value is -0.610. The van der Waals surface area contributed by atoms with E-state index < -0.39 is 0 Å². The highest BCUT2D eigenvalue weighted by Gasteiger charge is 2.32. The molecule has 2 heterocycles. The van der Waals surface area contributed by atoms with E-state index in [9.17, 15) is 4.79 Å². The Morgan fingerprint density at radius 1 is 1.38 bits per heavy atom. The maximum Gasteiger partial charge on any atom is 0.239 e. The number of carbonyl (C=O) groups is 1. The molecular formula is C12H23N3O. The van der Waals surface area contributed by atoms with E-state index in [0.717, 1.165) is 26.1 Å². The van der Waals surface area contributed by atoms with Crippen LogP contribution in [0.15, 0.2) is 0 Å². The van der Waals surface area contributed by atoms with Gasteiger partial charge in [-0.2, -0.15) is 0 Å². The summed E-state index contributed by atoms with van der Waals surface area (Å²) >= 11 is 0. The first-order valence-corrected chi connectivity index (χ1v) is 6.35. The lowest BCUT2D eigenvalue weighted by Crippen LogP contribution is -2.42. The van der Waals surface area contributed by atoms with E-state index in [1.165, 1.54) is 19.4 Å². The van der Waals surface area contributed by atoms with Gasteiger partial charge < -0.3 is 15.1 Å². The summed E-state index contributed by atoms with van der Waals surface area (Å²) in [5.41, 5.74) is 0. The van der Waals surface area contributed by atoms with Crippen molar-refractivity contribution in [1.82, 2.24) is 15.1 Å². The molecule has 0 aliphatic carbocycles. The van der Waals surface area contributed by atoms with Gasteiger partial charge in [0, 0.05) is 19.6 Å². The molecule has 2 rings (SSSR count). The van der Waals surface area contributed by atoms with E-state index in [-0.39, 0.29) is 6.04 Å². The predicted octanol–water partition coefficient (Wildman–Crippen LogP) is 0.149. The van der Waals surface area contributed by atoms with Crippen LogP contribution in [0.2, 0.25) is 0 Å². The first-order valence-electron chi connectivity index (χ1n) is 6.35. The van der Waals surface area contributed by atoms with E-state index in [2.05, 4.69) is 17.3 Å². The van der Waals surface area contributed by atoms with E-state index in [1.54, 1.807) is 0 Å². The van der Waals surface area contributed by atoms with E-state index in [4.69, 9.17) is 0 Å². The maximum absolute atomic E-state index is 11.9. The summed E-state index contributed by atoms with van der Waals surface area (Å²) in [6, 6.07) is 0.0707. The predicted molar refractivity (Wildman–Crippen MR) is 64.3 cm³/mol. The summed E-state index contributed by atoms with van der Waals surface area (Å²) in [6.45, 7) is 4.25. The molecule has 16 heavy (non-hydrogen) atoms. The van der Waals surface area contributed by atoms with Crippen LogP contribution in [0.4, 0.5) is 0 Å². The fraction of sp³-hybridized carbons (Fsp3) is 0.917. The summed E-state index contributed by atoms with van der Waals surface area (Å²) in [5.74, 6) is 0.981. The van der Waals surface area contributed by atoms with Gasteiger partial charge in [0.15, 0.2) is 0 Å². The zero-order valence-electron chi connectivity index (χ0n) is 10.4. The van der Waals surface area contributed by atoms with Crippen molar-refractivity contribution in [1.29, 1.82) is 0 Å². The molecule has 0 aromatic rings. The highest BCUT2D eigenvalue weighted by atomic mass is 16.2. The first-order chi connectivity index (χ1) is 7.70. The Labute approximate surface area is 98.0 Å². The van der Waals surface area contributed by atoms with Crippen LogP contribution in [0.5, 0.6) is 0 Å². The summed E-state index contributed by atoms with van der Waals surface area (Å²) in [7, 11) is 4.05. The number of nitrogens with one attached hydrogen (secondary N) is 1. The lowest BCUT2D eigenvalue weighted by Gasteiger charge is -2.32. The van der Waals surface area contributed by atoms with Crippen molar-refractivity contribution in [2.45, 2.75) is 25.3 Å². The van der Waals surface area contributed by atoms with E-state index in [1.807, 2.05) is 11.9 Å². The Balaban J connectivity index is 1.83. The second-order valence-corrected chi connectivity index (χ2v) is 5.18. The third-order valence-electron chi connectivity index (χ3n) is 3.85. The van der Waals surface area contributed by atoms with Crippen molar-refractivity contribution in [3.05, 3.63) is 0 Å². The fourth-order valence-corrected chi connectivity index (χ4v) is 2.92. The molecule has 1 amide bonds. The monoisotopic (exact) mass is 225 g/mol. The standard InChI is InChI=1S/C12H23N3O/c1-13-11-5-7-15(12(11)16)9-10-4-3-6-14(2)8-10/h10-11,13H,3-9H2,1-2H3. The molecule has 2 aliphatic heterocycles. The molecule has 2 atom stereocenters. The van der Waals surface area contributed by atoms with Crippen molar-refractivity contribution in [3.63, 3.8) is 0 Å². The second kappa shape index (κ2) is 5.15. The minimum atomic E-state index is 0.0707. The molecule has 2 aliphatic rings. The molecule has 4 nitrogen and oxygen atoms in total. The van der Waals surface area contributed by atoms with Gasteiger partial charge in [-0.25, -0.2) is 0 Å². The maximum atomic E-state index is 11.9. The Bertz CT molecular complexity index is 257. The van der Waals surface area contributed by atoms with Crippen LogP contribution < -0.4 is 5.32 Å². The van der Waals surface area contributed by atoms with Gasteiger partial charge in [-0.3, -0.25) is 4.79 Å². The van der Waals surface area contributed by atoms with Crippen molar-refractivity contribution in [2.75, 3.05) is 40.3 Å². The number of carbonyl (C=O) groups excluding carboxylic acids is 1. The summed E-state index contributed by atoms with van der Waals surface area (Å²) in [4.78, 5) is 16.4. The molecule has 0 radical (unpaired) electrons. The number of nitrogens with zero attached hydrogens (tertiary/aromatic N) is 2. The summed E-state index contributed by atoms with van der Waals surface area (Å²) in [5, 5.41) is 3.09. The third-order valence-corrected chi connectivity index (χ3v) is 3.85. The third kappa shape index (κ3) is 2.55. The minimum absolute atomic E-state index is 0.0707.